The van der Waals surface area contributed by atoms with Crippen LogP contribution in [0.2, 0.25) is 0 Å². The molecule has 0 saturated carbocycles. The fourth-order valence-corrected chi connectivity index (χ4v) is 0.916. The topological polar surface area (TPSA) is 37.2 Å². The molecule has 1 aromatic carbocycles. The zero-order valence-electron chi connectivity index (χ0n) is 5.19. The van der Waals surface area contributed by atoms with E-state index < -0.39 is 0 Å². The average molecular weight is 136 g/mol. The molecular formula is C7H6NO2+. The zero-order valence-corrected chi connectivity index (χ0v) is 5.19. The van der Waals surface area contributed by atoms with Gasteiger partial charge in [-0.05, 0) is 12.1 Å². The van der Waals surface area contributed by atoms with Crippen molar-refractivity contribution >= 4 is 11.0 Å². The lowest BCUT2D eigenvalue weighted by molar-refractivity contribution is -1.03. The van der Waals surface area contributed by atoms with E-state index in [0.717, 1.165) is 5.39 Å². The molecule has 0 amide bonds. The van der Waals surface area contributed by atoms with E-state index in [0.29, 0.717) is 10.5 Å². The predicted octanol–water partition coefficient (Wildman–Crippen LogP) is 0.958. The second-order valence-electron chi connectivity index (χ2n) is 2.06. The number of para-hydroxylation sites is 1. The van der Waals surface area contributed by atoms with Crippen LogP contribution < -0.4 is 4.90 Å². The van der Waals surface area contributed by atoms with Gasteiger partial charge in [0.2, 0.25) is 10.5 Å². The van der Waals surface area contributed by atoms with Crippen molar-refractivity contribution in [2.75, 3.05) is 0 Å². The molecule has 1 heterocycles. The Morgan fingerprint density at radius 3 is 2.90 bits per heavy atom. The number of aromatic nitrogens is 1. The van der Waals surface area contributed by atoms with E-state index in [-0.39, 0.29) is 0 Å². The van der Waals surface area contributed by atoms with Crippen LogP contribution in [0.4, 0.5) is 0 Å². The van der Waals surface area contributed by atoms with Crippen molar-refractivity contribution < 1.29 is 14.6 Å². The molecule has 0 atom stereocenters. The highest BCUT2D eigenvalue weighted by Gasteiger charge is 2.06. The van der Waals surface area contributed by atoms with Gasteiger partial charge >= 0.3 is 0 Å². The summed E-state index contributed by atoms with van der Waals surface area (Å²) >= 11 is 0. The molecule has 0 saturated heterocycles. The summed E-state index contributed by atoms with van der Waals surface area (Å²) in [4.78, 5) is 0.699. The smallest absolute Gasteiger partial charge is 0.244 e. The standard InChI is InChI=1S/C7H6NO2/c9-8-5-6-3-1-2-4-7(6)10-8/h1-5,9H/q+1. The minimum Gasteiger partial charge on any atom is -0.244 e. The van der Waals surface area contributed by atoms with Gasteiger partial charge in [0, 0.05) is 0 Å². The van der Waals surface area contributed by atoms with Gasteiger partial charge in [0.05, 0.1) is 5.39 Å². The molecule has 0 bridgehead atoms. The van der Waals surface area contributed by atoms with Gasteiger partial charge in [0.25, 0.3) is 6.20 Å². The van der Waals surface area contributed by atoms with E-state index in [2.05, 4.69) is 0 Å². The second kappa shape index (κ2) is 1.73. The molecule has 0 fully saturated rings. The molecule has 0 aliphatic rings. The Kier molecular flexibility index (Phi) is 0.917. The van der Waals surface area contributed by atoms with Crippen molar-refractivity contribution in [3.05, 3.63) is 30.5 Å². The van der Waals surface area contributed by atoms with Crippen LogP contribution in [0.25, 0.3) is 11.0 Å². The molecule has 3 heteroatoms. The normalized spacial score (nSPS) is 10.4. The van der Waals surface area contributed by atoms with Crippen LogP contribution in [0.15, 0.2) is 35.0 Å². The van der Waals surface area contributed by atoms with Gasteiger partial charge in [0.1, 0.15) is 0 Å². The molecule has 0 aliphatic heterocycles. The molecule has 10 heavy (non-hydrogen) atoms. The lowest BCUT2D eigenvalue weighted by atomic mass is 10.3. The molecule has 0 aliphatic carbocycles. The first kappa shape index (κ1) is 5.29. The highest BCUT2D eigenvalue weighted by Crippen LogP contribution is 2.08. The highest BCUT2D eigenvalue weighted by molar-refractivity contribution is 5.74. The first-order valence-electron chi connectivity index (χ1n) is 2.96. The van der Waals surface area contributed by atoms with Crippen LogP contribution in [-0.4, -0.2) is 5.21 Å². The molecule has 1 N–H and O–H groups in total. The number of benzene rings is 1. The largest absolute Gasteiger partial charge is 0.288 e. The average Bonchev–Trinajstić information content (AvgIpc) is 2.27. The van der Waals surface area contributed by atoms with E-state index in [1.807, 2.05) is 18.2 Å². The third-order valence-corrected chi connectivity index (χ3v) is 1.36. The maximum atomic E-state index is 8.81. The van der Waals surface area contributed by atoms with Crippen LogP contribution in [-0.2, 0) is 0 Å². The molecule has 50 valence electrons. The third-order valence-electron chi connectivity index (χ3n) is 1.36. The molecule has 2 aromatic rings. The maximum absolute atomic E-state index is 8.81. The Bertz CT molecular complexity index is 320. The van der Waals surface area contributed by atoms with E-state index >= 15 is 0 Å². The van der Waals surface area contributed by atoms with E-state index in [1.54, 1.807) is 6.07 Å². The molecule has 2 rings (SSSR count). The Balaban J connectivity index is 2.88. The van der Waals surface area contributed by atoms with Crippen molar-refractivity contribution in [2.24, 2.45) is 0 Å². The highest BCUT2D eigenvalue weighted by atomic mass is 16.7. The van der Waals surface area contributed by atoms with Crippen LogP contribution in [0.5, 0.6) is 0 Å². The number of hydrogen-bond donors (Lipinski definition) is 1. The summed E-state index contributed by atoms with van der Waals surface area (Å²) in [5.41, 5.74) is 0.685. The Hall–Kier alpha value is -1.51. The number of rotatable bonds is 0. The molecule has 3 nitrogen and oxygen atoms in total. The minimum absolute atomic E-state index is 0.685. The predicted molar refractivity (Wildman–Crippen MR) is 33.6 cm³/mol. The van der Waals surface area contributed by atoms with Gasteiger partial charge < -0.3 is 0 Å². The van der Waals surface area contributed by atoms with E-state index in [4.69, 9.17) is 9.73 Å². The molecule has 0 unspecified atom stereocenters. The van der Waals surface area contributed by atoms with E-state index in [9.17, 15) is 0 Å². The van der Waals surface area contributed by atoms with Gasteiger partial charge in [-0.1, -0.05) is 12.1 Å². The summed E-state index contributed by atoms with van der Waals surface area (Å²) in [7, 11) is 0. The minimum atomic E-state index is 0.685. The van der Waals surface area contributed by atoms with Crippen molar-refractivity contribution in [3.8, 4) is 0 Å². The summed E-state index contributed by atoms with van der Waals surface area (Å²) in [6, 6.07) is 7.40. The molecule has 0 radical (unpaired) electrons. The van der Waals surface area contributed by atoms with Gasteiger partial charge in [0.15, 0.2) is 0 Å². The van der Waals surface area contributed by atoms with Crippen LogP contribution in [0.1, 0.15) is 0 Å². The van der Waals surface area contributed by atoms with Crippen molar-refractivity contribution in [1.82, 2.24) is 0 Å². The summed E-state index contributed by atoms with van der Waals surface area (Å²) in [6.45, 7) is 0. The fourth-order valence-electron chi connectivity index (χ4n) is 0.916. The third kappa shape index (κ3) is 0.639. The summed E-state index contributed by atoms with van der Waals surface area (Å²) < 4.78 is 4.84. The van der Waals surface area contributed by atoms with Crippen molar-refractivity contribution in [3.63, 3.8) is 0 Å². The second-order valence-corrected chi connectivity index (χ2v) is 2.06. The number of nitrogens with zero attached hydrogens (tertiary/aromatic N) is 1. The summed E-state index contributed by atoms with van der Waals surface area (Å²) in [6.07, 6.45) is 1.51. The number of fused-ring (bicyclic) bond motifs is 1. The van der Waals surface area contributed by atoms with Crippen LogP contribution >= 0.6 is 0 Å². The van der Waals surface area contributed by atoms with Crippen LogP contribution in [0.3, 0.4) is 0 Å². The molecule has 0 spiro atoms. The fraction of sp³-hybridized carbons (Fsp3) is 0. The lowest BCUT2D eigenvalue weighted by Gasteiger charge is -1.74. The van der Waals surface area contributed by atoms with Crippen LogP contribution in [0, 0.1) is 0 Å². The van der Waals surface area contributed by atoms with Gasteiger partial charge in [-0.3, -0.25) is 0 Å². The summed E-state index contributed by atoms with van der Waals surface area (Å²) in [5.74, 6) is 0. The molecule has 1 aromatic heterocycles. The van der Waals surface area contributed by atoms with Crippen molar-refractivity contribution in [2.45, 2.75) is 0 Å². The van der Waals surface area contributed by atoms with Gasteiger partial charge in [-0.2, -0.15) is 4.52 Å². The quantitative estimate of drug-likeness (QED) is 0.547. The SMILES string of the molecule is O[n+]1cc2ccccc2o1. The maximum Gasteiger partial charge on any atom is 0.288 e. The van der Waals surface area contributed by atoms with Crippen molar-refractivity contribution in [1.29, 1.82) is 0 Å². The number of hydrogen-bond acceptors (Lipinski definition) is 2. The van der Waals surface area contributed by atoms with Gasteiger partial charge in [-0.15, -0.1) is 0 Å². The molecular weight excluding hydrogens is 130 g/mol. The first-order chi connectivity index (χ1) is 4.86. The summed E-state index contributed by atoms with van der Waals surface area (Å²) in [5, 5.41) is 9.70. The zero-order chi connectivity index (χ0) is 6.97. The van der Waals surface area contributed by atoms with E-state index in [1.165, 1.54) is 6.20 Å². The first-order valence-corrected chi connectivity index (χ1v) is 2.96. The monoisotopic (exact) mass is 136 g/mol. The Morgan fingerprint density at radius 1 is 1.30 bits per heavy atom. The van der Waals surface area contributed by atoms with Gasteiger partial charge in [-0.25, -0.2) is 5.21 Å². The Labute approximate surface area is 57.0 Å². The lowest BCUT2D eigenvalue weighted by Crippen LogP contribution is -2.24. The Morgan fingerprint density at radius 2 is 2.10 bits per heavy atom.